The number of nitrogens with zero attached hydrogens (tertiary/aromatic N) is 14. The van der Waals surface area contributed by atoms with E-state index in [1.165, 1.54) is 51.4 Å². The van der Waals surface area contributed by atoms with Gasteiger partial charge in [-0.1, -0.05) is 91.9 Å². The summed E-state index contributed by atoms with van der Waals surface area (Å²) in [6.07, 6.45) is 23.0. The SMILES string of the molecule is Cc1c(C(=O)CN2CCCCC2)c2ncccc2n1-c1ccc(Cl)cc1.[C-]#[N+]c1ccc(-n2c(C)c(C(=O)CN3CCCCC3)c3ccccc32)cc1.[C-]#[N+]c1ccc(-n2c(C)c(C(=O)CN3CCCCC3)c3ncc(CCC(=O)CCC(OC)OC)cc32)cc1.[C-]#[N+]c1ccc(-n2c(C)c(C(=O)CN3CCCCC3)c3ncc(CCC=O)cc32)cc1. The number of methoxy groups -OCH3 is 2. The fourth-order valence-electron chi connectivity index (χ4n) is 17.7. The highest BCUT2D eigenvalue weighted by Crippen LogP contribution is 2.36. The highest BCUT2D eigenvalue weighted by atomic mass is 35.5. The van der Waals surface area contributed by atoms with Gasteiger partial charge in [0.2, 0.25) is 0 Å². The van der Waals surface area contributed by atoms with Crippen molar-refractivity contribution in [2.75, 3.05) is 92.8 Å². The highest BCUT2D eigenvalue weighted by Gasteiger charge is 2.30. The number of aromatic nitrogens is 7. The van der Waals surface area contributed by atoms with Gasteiger partial charge in [-0.2, -0.15) is 0 Å². The summed E-state index contributed by atoms with van der Waals surface area (Å²) in [5.41, 5.74) is 19.7. The maximum atomic E-state index is 13.6. The standard InChI is InChI=1S/C30H36N4O4.C25H26N4O2.C23H23N3O.C21H22ClN3O/c1-21-29(27(36)20-33-16-6-5-7-17-33)30-26(34(21)24-11-9-23(31-2)10-12-24)18-22(19-32-30)8-13-25(35)14-15-28(37-3)38-4;1-18-24(23(31)17-28-12-4-3-5-13-28)25-22(15-19(16-27-25)7-6-14-30)29(18)21-10-8-20(26-2)9-11-21;1-17-23(22(27)16-25-14-6-3-7-15-25)20-8-4-5-9-21(20)26(17)19-12-10-18(24-2)11-13-19;1-15-20(19(26)14-24-12-3-2-4-13-24)21-18(6-5-11-23-21)25(15)17-9-7-16(22)8-10-17/h9-12,18-19,28H,5-8,13-17,20H2,1,3-4H3;8-11,14-16H,3-7,12-13,17H2,1H3;4-5,8-13H,3,6-7,14-16H2,1H3;5-11H,2-4,12-14H2,1H3. The Balaban J connectivity index is 0.000000142. The first-order valence-electron chi connectivity index (χ1n) is 42.7. The number of ketones is 5. The molecule has 0 N–H and O–H groups in total. The molecule has 4 saturated heterocycles. The first kappa shape index (κ1) is 88.0. The van der Waals surface area contributed by atoms with E-state index in [0.29, 0.717) is 109 Å². The minimum absolute atomic E-state index is 0.0761. The fourth-order valence-corrected chi connectivity index (χ4v) is 17.8. The lowest BCUT2D eigenvalue weighted by Gasteiger charge is -2.25. The number of pyridine rings is 3. The monoisotopic (exact) mass is 1650 g/mol. The summed E-state index contributed by atoms with van der Waals surface area (Å²) in [7, 11) is 3.13. The molecule has 5 aromatic carbocycles. The molecule has 22 nitrogen and oxygen atoms in total. The molecule has 0 aliphatic carbocycles. The van der Waals surface area contributed by atoms with Crippen LogP contribution in [-0.2, 0) is 31.9 Å². The van der Waals surface area contributed by atoms with E-state index in [-0.39, 0.29) is 35.2 Å². The van der Waals surface area contributed by atoms with Gasteiger partial charge in [0.05, 0.1) is 101 Å². The molecule has 23 heteroatoms. The number of carbonyl (C=O) groups excluding carboxylic acids is 6. The van der Waals surface area contributed by atoms with Crippen LogP contribution in [0.1, 0.15) is 178 Å². The van der Waals surface area contributed by atoms with E-state index >= 15 is 0 Å². The summed E-state index contributed by atoms with van der Waals surface area (Å²) in [5, 5.41) is 1.70. The molecule has 0 radical (unpaired) electrons. The van der Waals surface area contributed by atoms with Crippen LogP contribution in [0.3, 0.4) is 0 Å². The van der Waals surface area contributed by atoms with Crippen LogP contribution in [0.2, 0.25) is 5.02 Å². The average Bonchev–Trinajstić information content (AvgIpc) is 1.62. The lowest BCUT2D eigenvalue weighted by atomic mass is 10.0. The molecule has 0 spiro atoms. The Hall–Kier alpha value is -11.8. The molecule has 4 aliphatic heterocycles. The van der Waals surface area contributed by atoms with Crippen LogP contribution in [0.25, 0.3) is 81.3 Å². The van der Waals surface area contributed by atoms with Crippen LogP contribution in [-0.4, -0.2) is 187 Å². The zero-order valence-corrected chi connectivity index (χ0v) is 71.6. The number of likely N-dealkylation sites (tertiary alicyclic amines) is 4. The van der Waals surface area contributed by atoms with E-state index in [0.717, 1.165) is 185 Å². The number of aldehydes is 1. The highest BCUT2D eigenvalue weighted by molar-refractivity contribution is 6.30. The maximum absolute atomic E-state index is 13.6. The van der Waals surface area contributed by atoms with Crippen LogP contribution < -0.4 is 0 Å². The summed E-state index contributed by atoms with van der Waals surface area (Å²) in [6.45, 7) is 39.2. The second-order valence-electron chi connectivity index (χ2n) is 32.1. The van der Waals surface area contributed by atoms with Crippen molar-refractivity contribution in [1.82, 2.24) is 52.8 Å². The Bertz CT molecular complexity index is 5850. The molecule has 628 valence electrons. The van der Waals surface area contributed by atoms with Gasteiger partial charge < -0.3 is 32.5 Å². The van der Waals surface area contributed by atoms with Crippen LogP contribution >= 0.6 is 11.6 Å². The predicted octanol–water partition coefficient (Wildman–Crippen LogP) is 20.0. The van der Waals surface area contributed by atoms with Gasteiger partial charge in [-0.3, -0.25) is 58.5 Å². The molecular weight excluding hydrogens is 1550 g/mol. The molecule has 0 unspecified atom stereocenters. The number of piperidine rings is 4. The smallest absolute Gasteiger partial charge is 0.187 e. The molecule has 0 amide bonds. The molecule has 4 aliphatic rings. The third-order valence-corrected chi connectivity index (χ3v) is 24.1. The van der Waals surface area contributed by atoms with E-state index in [1.54, 1.807) is 57.1 Å². The first-order valence-corrected chi connectivity index (χ1v) is 43.1. The van der Waals surface area contributed by atoms with Crippen molar-refractivity contribution >= 4 is 108 Å². The normalized spacial score (nSPS) is 14.7. The first-order chi connectivity index (χ1) is 59.4. The summed E-state index contributed by atoms with van der Waals surface area (Å²) in [4.78, 5) is 110. The van der Waals surface area contributed by atoms with Gasteiger partial charge in [0.15, 0.2) is 46.5 Å². The number of Topliss-reactive ketones (excluding diaryl/α,β-unsaturated/α-hetero) is 5. The summed E-state index contributed by atoms with van der Waals surface area (Å²) >= 11 is 6.04. The van der Waals surface area contributed by atoms with Crippen LogP contribution in [0.15, 0.2) is 164 Å². The summed E-state index contributed by atoms with van der Waals surface area (Å²) in [5.74, 6) is 0.659. The van der Waals surface area contributed by atoms with Gasteiger partial charge in [-0.05, 0) is 246 Å². The minimum atomic E-state index is -0.377. The number of halogens is 1. The van der Waals surface area contributed by atoms with Crippen LogP contribution in [0, 0.1) is 47.4 Å². The molecule has 12 aromatic rings. The number of hydrogen-bond donors (Lipinski definition) is 0. The van der Waals surface area contributed by atoms with Crippen molar-refractivity contribution in [3.05, 3.63) is 260 Å². The Labute approximate surface area is 719 Å². The Kier molecular flexibility index (Phi) is 30.4. The topological polar surface area (TPSA) is 205 Å². The molecule has 4 fully saturated rings. The number of hydrogen-bond acceptors (Lipinski definition) is 15. The predicted molar refractivity (Wildman–Crippen MR) is 482 cm³/mol. The quantitative estimate of drug-likeness (QED) is 0.0203. The molecule has 7 aromatic heterocycles. The average molecular weight is 1660 g/mol. The van der Waals surface area contributed by atoms with Crippen LogP contribution in [0.4, 0.5) is 17.1 Å². The third kappa shape index (κ3) is 20.9. The van der Waals surface area contributed by atoms with Crippen molar-refractivity contribution in [2.24, 2.45) is 0 Å². The van der Waals surface area contributed by atoms with Gasteiger partial charge in [-0.15, -0.1) is 0 Å². The van der Waals surface area contributed by atoms with Gasteiger partial charge >= 0.3 is 0 Å². The number of fused-ring (bicyclic) bond motifs is 4. The Morgan fingerprint density at radius 3 is 1.16 bits per heavy atom. The van der Waals surface area contributed by atoms with Crippen molar-refractivity contribution in [3.63, 3.8) is 0 Å². The van der Waals surface area contributed by atoms with Gasteiger partial charge in [0.1, 0.15) is 12.1 Å². The molecule has 16 rings (SSSR count). The third-order valence-electron chi connectivity index (χ3n) is 23.9. The number of rotatable bonds is 27. The second-order valence-corrected chi connectivity index (χ2v) is 32.5. The summed E-state index contributed by atoms with van der Waals surface area (Å²) in [6, 6.07) is 46.1. The zero-order chi connectivity index (χ0) is 85.8. The summed E-state index contributed by atoms with van der Waals surface area (Å²) < 4.78 is 18.7. The van der Waals surface area contributed by atoms with E-state index < -0.39 is 0 Å². The van der Waals surface area contributed by atoms with E-state index in [4.69, 9.17) is 45.8 Å². The maximum Gasteiger partial charge on any atom is 0.187 e. The number of carbonyl (C=O) groups is 6. The number of aryl methyl sites for hydroxylation is 2. The zero-order valence-electron chi connectivity index (χ0n) is 70.9. The largest absolute Gasteiger partial charge is 0.356 e. The van der Waals surface area contributed by atoms with Gasteiger partial charge in [0, 0.05) is 120 Å². The van der Waals surface area contributed by atoms with Crippen LogP contribution in [0.5, 0.6) is 0 Å². The lowest BCUT2D eigenvalue weighted by molar-refractivity contribution is -0.127. The Morgan fingerprint density at radius 2 is 0.762 bits per heavy atom. The van der Waals surface area contributed by atoms with Crippen molar-refractivity contribution < 1.29 is 38.2 Å². The molecule has 11 heterocycles. The molecule has 122 heavy (non-hydrogen) atoms. The Morgan fingerprint density at radius 1 is 0.418 bits per heavy atom. The van der Waals surface area contributed by atoms with Gasteiger partial charge in [-0.25, -0.2) is 14.5 Å². The van der Waals surface area contributed by atoms with E-state index in [9.17, 15) is 28.8 Å². The molecule has 0 atom stereocenters. The minimum Gasteiger partial charge on any atom is -0.356 e. The van der Waals surface area contributed by atoms with Crippen molar-refractivity contribution in [3.8, 4) is 22.7 Å². The van der Waals surface area contributed by atoms with E-state index in [2.05, 4.69) is 59.3 Å². The van der Waals surface area contributed by atoms with Crippen molar-refractivity contribution in [2.45, 2.75) is 150 Å². The van der Waals surface area contributed by atoms with Gasteiger partial charge in [0.25, 0.3) is 0 Å². The number of benzene rings is 5. The van der Waals surface area contributed by atoms with Crippen molar-refractivity contribution in [1.29, 1.82) is 0 Å². The number of ether oxygens (including phenoxy) is 2. The molecule has 0 bridgehead atoms. The lowest BCUT2D eigenvalue weighted by Crippen LogP contribution is -2.34. The second kappa shape index (κ2) is 42.2. The number of para-hydroxylation sites is 1. The molecular formula is C99H107ClN14O8. The molecule has 0 saturated carbocycles. The van der Waals surface area contributed by atoms with E-state index in [1.807, 2.05) is 152 Å². The fraction of sp³-hybridized carbons (Fsp3) is 0.374.